The van der Waals surface area contributed by atoms with Crippen LogP contribution in [0.25, 0.3) is 0 Å². The molecule has 2 atom stereocenters. The van der Waals surface area contributed by atoms with E-state index in [-0.39, 0.29) is 6.04 Å². The van der Waals surface area contributed by atoms with Crippen molar-refractivity contribution in [2.45, 2.75) is 33.2 Å². The van der Waals surface area contributed by atoms with Crippen LogP contribution in [0.15, 0.2) is 12.1 Å². The number of ether oxygens (including phenoxy) is 2. The molecule has 1 N–H and O–H groups in total. The van der Waals surface area contributed by atoms with E-state index in [2.05, 4.69) is 26.1 Å². The fourth-order valence-electron chi connectivity index (χ4n) is 2.39. The van der Waals surface area contributed by atoms with E-state index in [0.29, 0.717) is 19.1 Å². The summed E-state index contributed by atoms with van der Waals surface area (Å²) in [5, 5.41) is 4.26. The van der Waals surface area contributed by atoms with Gasteiger partial charge in [0.1, 0.15) is 13.2 Å². The molecule has 4 heteroatoms. The Labute approximate surface area is 120 Å². The van der Waals surface area contributed by atoms with Crippen LogP contribution < -0.4 is 14.8 Å². The third kappa shape index (κ3) is 3.15. The van der Waals surface area contributed by atoms with Gasteiger partial charge in [0.05, 0.1) is 0 Å². The van der Waals surface area contributed by atoms with Crippen LogP contribution in [0.1, 0.15) is 38.8 Å². The van der Waals surface area contributed by atoms with Gasteiger partial charge < -0.3 is 14.8 Å². The van der Waals surface area contributed by atoms with E-state index in [1.807, 2.05) is 12.1 Å². The molecule has 0 bridgehead atoms. The molecular weight excluding hydrogens is 262 g/mol. The predicted octanol–water partition coefficient (Wildman–Crippen LogP) is 3.81. The quantitative estimate of drug-likeness (QED) is 0.891. The number of fused-ring (bicyclic) bond motifs is 1. The van der Waals surface area contributed by atoms with Gasteiger partial charge in [-0.25, -0.2) is 0 Å². The topological polar surface area (TPSA) is 30.5 Å². The van der Waals surface area contributed by atoms with Crippen LogP contribution in [0.5, 0.6) is 11.5 Å². The van der Waals surface area contributed by atoms with Crippen molar-refractivity contribution in [2.75, 3.05) is 19.8 Å². The molecule has 0 spiro atoms. The first-order chi connectivity index (χ1) is 9.17. The van der Waals surface area contributed by atoms with Crippen LogP contribution in [0, 0.1) is 5.92 Å². The largest absolute Gasteiger partial charge is 0.486 e. The molecule has 0 aliphatic carbocycles. The maximum absolute atomic E-state index is 6.42. The van der Waals surface area contributed by atoms with Crippen molar-refractivity contribution in [2.24, 2.45) is 5.92 Å². The number of nitrogens with one attached hydrogen (secondary N) is 1. The van der Waals surface area contributed by atoms with Crippen LogP contribution in [0.3, 0.4) is 0 Å². The van der Waals surface area contributed by atoms with Gasteiger partial charge in [0.15, 0.2) is 11.5 Å². The Bertz CT molecular complexity index is 436. The van der Waals surface area contributed by atoms with E-state index in [1.54, 1.807) is 0 Å². The highest BCUT2D eigenvalue weighted by atomic mass is 35.5. The monoisotopic (exact) mass is 283 g/mol. The summed E-state index contributed by atoms with van der Waals surface area (Å²) in [6.45, 7) is 8.65. The summed E-state index contributed by atoms with van der Waals surface area (Å²) in [5.74, 6) is 2.07. The van der Waals surface area contributed by atoms with Crippen molar-refractivity contribution in [3.63, 3.8) is 0 Å². The van der Waals surface area contributed by atoms with E-state index in [4.69, 9.17) is 21.1 Å². The standard InChI is InChI=1S/C15H22ClNO2/c1-4-10(3)15(17-5-2)11-8-13-14(9-12(11)16)19-7-6-18-13/h8-10,15,17H,4-7H2,1-3H3. The van der Waals surface area contributed by atoms with Crippen LogP contribution in [0.4, 0.5) is 0 Å². The summed E-state index contributed by atoms with van der Waals surface area (Å²) in [5.41, 5.74) is 1.10. The maximum atomic E-state index is 6.42. The number of rotatable bonds is 5. The fraction of sp³-hybridized carbons (Fsp3) is 0.600. The Morgan fingerprint density at radius 1 is 1.21 bits per heavy atom. The third-order valence-electron chi connectivity index (χ3n) is 3.63. The van der Waals surface area contributed by atoms with Gasteiger partial charge in [0.2, 0.25) is 0 Å². The minimum absolute atomic E-state index is 0.248. The number of hydrogen-bond donors (Lipinski definition) is 1. The number of halogens is 1. The molecule has 1 aliphatic rings. The van der Waals surface area contributed by atoms with Crippen molar-refractivity contribution in [3.05, 3.63) is 22.7 Å². The van der Waals surface area contributed by atoms with Gasteiger partial charge in [-0.2, -0.15) is 0 Å². The van der Waals surface area contributed by atoms with Gasteiger partial charge in [0, 0.05) is 17.1 Å². The van der Waals surface area contributed by atoms with Crippen LogP contribution in [-0.4, -0.2) is 19.8 Å². The first-order valence-corrected chi connectivity index (χ1v) is 7.37. The van der Waals surface area contributed by atoms with E-state index >= 15 is 0 Å². The van der Waals surface area contributed by atoms with E-state index in [1.165, 1.54) is 0 Å². The summed E-state index contributed by atoms with van der Waals surface area (Å²) >= 11 is 6.42. The zero-order valence-corrected chi connectivity index (χ0v) is 12.6. The van der Waals surface area contributed by atoms with Gasteiger partial charge in [0.25, 0.3) is 0 Å². The fourth-order valence-corrected chi connectivity index (χ4v) is 2.66. The second-order valence-corrected chi connectivity index (χ2v) is 5.35. The Kier molecular flexibility index (Phi) is 4.94. The predicted molar refractivity (Wildman–Crippen MR) is 78.3 cm³/mol. The average molecular weight is 284 g/mol. The minimum atomic E-state index is 0.248. The van der Waals surface area contributed by atoms with Crippen LogP contribution >= 0.6 is 11.6 Å². The molecule has 0 saturated carbocycles. The molecule has 1 aromatic carbocycles. The Morgan fingerprint density at radius 2 is 1.84 bits per heavy atom. The highest BCUT2D eigenvalue weighted by molar-refractivity contribution is 6.31. The Morgan fingerprint density at radius 3 is 2.42 bits per heavy atom. The van der Waals surface area contributed by atoms with Gasteiger partial charge in [-0.05, 0) is 24.1 Å². The van der Waals surface area contributed by atoms with Gasteiger partial charge >= 0.3 is 0 Å². The second-order valence-electron chi connectivity index (χ2n) is 4.94. The van der Waals surface area contributed by atoms with Crippen LogP contribution in [-0.2, 0) is 0 Å². The van der Waals surface area contributed by atoms with Gasteiger partial charge in [-0.3, -0.25) is 0 Å². The third-order valence-corrected chi connectivity index (χ3v) is 3.96. The molecule has 1 heterocycles. The molecule has 19 heavy (non-hydrogen) atoms. The van der Waals surface area contributed by atoms with E-state index < -0.39 is 0 Å². The molecule has 3 nitrogen and oxygen atoms in total. The average Bonchev–Trinajstić information content (AvgIpc) is 2.43. The van der Waals surface area contributed by atoms with Crippen molar-refractivity contribution in [3.8, 4) is 11.5 Å². The Balaban J connectivity index is 2.35. The lowest BCUT2D eigenvalue weighted by Gasteiger charge is -2.27. The van der Waals surface area contributed by atoms with Crippen molar-refractivity contribution in [1.82, 2.24) is 5.32 Å². The first kappa shape index (κ1) is 14.5. The van der Waals surface area contributed by atoms with Crippen molar-refractivity contribution in [1.29, 1.82) is 0 Å². The molecule has 0 saturated heterocycles. The highest BCUT2D eigenvalue weighted by Gasteiger charge is 2.23. The van der Waals surface area contributed by atoms with Gasteiger partial charge in [-0.1, -0.05) is 38.8 Å². The molecule has 106 valence electrons. The van der Waals surface area contributed by atoms with E-state index in [0.717, 1.165) is 35.1 Å². The van der Waals surface area contributed by atoms with Crippen molar-refractivity contribution < 1.29 is 9.47 Å². The summed E-state index contributed by atoms with van der Waals surface area (Å²) < 4.78 is 11.2. The zero-order chi connectivity index (χ0) is 13.8. The molecular formula is C15H22ClNO2. The van der Waals surface area contributed by atoms with Crippen molar-refractivity contribution >= 4 is 11.6 Å². The lowest BCUT2D eigenvalue weighted by Crippen LogP contribution is -2.27. The summed E-state index contributed by atoms with van der Waals surface area (Å²) in [6, 6.07) is 4.15. The molecule has 1 aliphatic heterocycles. The summed E-state index contributed by atoms with van der Waals surface area (Å²) in [4.78, 5) is 0. The van der Waals surface area contributed by atoms with Crippen LogP contribution in [0.2, 0.25) is 5.02 Å². The number of benzene rings is 1. The maximum Gasteiger partial charge on any atom is 0.162 e. The molecule has 0 radical (unpaired) electrons. The second kappa shape index (κ2) is 6.49. The van der Waals surface area contributed by atoms with Gasteiger partial charge in [-0.15, -0.1) is 0 Å². The lowest BCUT2D eigenvalue weighted by atomic mass is 9.92. The summed E-state index contributed by atoms with van der Waals surface area (Å²) in [6.07, 6.45) is 1.10. The minimum Gasteiger partial charge on any atom is -0.486 e. The first-order valence-electron chi connectivity index (χ1n) is 6.99. The smallest absolute Gasteiger partial charge is 0.162 e. The molecule has 0 amide bonds. The van der Waals surface area contributed by atoms with E-state index in [9.17, 15) is 0 Å². The molecule has 2 unspecified atom stereocenters. The highest BCUT2D eigenvalue weighted by Crippen LogP contribution is 2.39. The molecule has 0 fully saturated rings. The zero-order valence-electron chi connectivity index (χ0n) is 11.8. The SMILES string of the molecule is CCNC(c1cc2c(cc1Cl)OCCO2)C(C)CC. The Hall–Kier alpha value is -0.930. The lowest BCUT2D eigenvalue weighted by molar-refractivity contribution is 0.171. The number of hydrogen-bond acceptors (Lipinski definition) is 3. The summed E-state index contributed by atoms with van der Waals surface area (Å²) in [7, 11) is 0. The molecule has 2 rings (SSSR count). The molecule has 1 aromatic rings. The normalized spacial score (nSPS) is 17.1. The molecule has 0 aromatic heterocycles.